The van der Waals surface area contributed by atoms with Gasteiger partial charge in [0, 0.05) is 19.1 Å². The van der Waals surface area contributed by atoms with Crippen LogP contribution in [0.4, 0.5) is 0 Å². The molecule has 3 atom stereocenters. The van der Waals surface area contributed by atoms with Gasteiger partial charge in [-0.15, -0.1) is 0 Å². The smallest absolute Gasteiger partial charge is 0.227 e. The Kier molecular flexibility index (Phi) is 4.43. The second kappa shape index (κ2) is 5.85. The fraction of sp³-hybridized carbons (Fsp3) is 0.929. The maximum absolute atomic E-state index is 12.6. The molecule has 2 heterocycles. The minimum atomic E-state index is 0.224. The summed E-state index contributed by atoms with van der Waals surface area (Å²) < 4.78 is 0. The van der Waals surface area contributed by atoms with E-state index in [-0.39, 0.29) is 5.92 Å². The van der Waals surface area contributed by atoms with Crippen molar-refractivity contribution in [3.8, 4) is 0 Å². The van der Waals surface area contributed by atoms with Gasteiger partial charge in [-0.2, -0.15) is 0 Å². The molecule has 98 valence electrons. The number of likely N-dealkylation sites (tertiary alicyclic amines) is 1. The van der Waals surface area contributed by atoms with Crippen molar-refractivity contribution in [2.45, 2.75) is 52.0 Å². The van der Waals surface area contributed by atoms with E-state index < -0.39 is 0 Å². The number of carbonyl (C=O) groups is 1. The molecule has 0 aromatic carbocycles. The molecule has 2 fully saturated rings. The Morgan fingerprint density at radius 3 is 2.76 bits per heavy atom. The molecule has 0 radical (unpaired) electrons. The van der Waals surface area contributed by atoms with Gasteiger partial charge in [0.15, 0.2) is 0 Å². The number of hydrogen-bond acceptors (Lipinski definition) is 2. The highest BCUT2D eigenvalue weighted by atomic mass is 16.2. The predicted molar refractivity (Wildman–Crippen MR) is 69.8 cm³/mol. The molecule has 3 nitrogen and oxygen atoms in total. The largest absolute Gasteiger partial charge is 0.339 e. The van der Waals surface area contributed by atoms with E-state index in [0.29, 0.717) is 17.9 Å². The van der Waals surface area contributed by atoms with Gasteiger partial charge in [-0.1, -0.05) is 26.7 Å². The van der Waals surface area contributed by atoms with Gasteiger partial charge in [0.25, 0.3) is 0 Å². The van der Waals surface area contributed by atoms with Gasteiger partial charge in [-0.05, 0) is 31.7 Å². The predicted octanol–water partition coefficient (Wildman–Crippen LogP) is 2.02. The molecule has 2 aliphatic rings. The van der Waals surface area contributed by atoms with Gasteiger partial charge < -0.3 is 10.2 Å². The zero-order chi connectivity index (χ0) is 12.3. The third-order valence-corrected chi connectivity index (χ3v) is 4.47. The molecule has 3 heteroatoms. The van der Waals surface area contributed by atoms with Crippen LogP contribution in [-0.4, -0.2) is 36.5 Å². The van der Waals surface area contributed by atoms with Crippen LogP contribution in [0.1, 0.15) is 46.0 Å². The van der Waals surface area contributed by atoms with E-state index in [1.165, 1.54) is 25.7 Å². The Hall–Kier alpha value is -0.570. The first-order valence-corrected chi connectivity index (χ1v) is 7.25. The molecule has 2 rings (SSSR count). The highest BCUT2D eigenvalue weighted by Crippen LogP contribution is 2.25. The summed E-state index contributed by atoms with van der Waals surface area (Å²) in [4.78, 5) is 14.8. The molecule has 1 amide bonds. The summed E-state index contributed by atoms with van der Waals surface area (Å²) in [5, 5.41) is 3.34. The number of nitrogens with zero attached hydrogens (tertiary/aromatic N) is 1. The van der Waals surface area contributed by atoms with Gasteiger partial charge in [0.1, 0.15) is 0 Å². The van der Waals surface area contributed by atoms with E-state index in [0.717, 1.165) is 26.1 Å². The van der Waals surface area contributed by atoms with Crippen LogP contribution >= 0.6 is 0 Å². The Bertz CT molecular complexity index is 267. The quantitative estimate of drug-likeness (QED) is 0.798. The lowest BCUT2D eigenvalue weighted by molar-refractivity contribution is -0.138. The lowest BCUT2D eigenvalue weighted by Crippen LogP contribution is -2.44. The number of rotatable bonds is 2. The average molecular weight is 238 g/mol. The summed E-state index contributed by atoms with van der Waals surface area (Å²) in [6.07, 6.45) is 6.09. The monoisotopic (exact) mass is 238 g/mol. The zero-order valence-electron chi connectivity index (χ0n) is 11.2. The molecule has 2 aliphatic heterocycles. The van der Waals surface area contributed by atoms with Crippen LogP contribution in [0.2, 0.25) is 0 Å². The van der Waals surface area contributed by atoms with E-state index in [2.05, 4.69) is 24.1 Å². The van der Waals surface area contributed by atoms with Crippen molar-refractivity contribution in [3.05, 3.63) is 0 Å². The van der Waals surface area contributed by atoms with Gasteiger partial charge in [0.2, 0.25) is 5.91 Å². The summed E-state index contributed by atoms with van der Waals surface area (Å²) in [5.41, 5.74) is 0. The molecule has 0 aromatic rings. The van der Waals surface area contributed by atoms with Gasteiger partial charge in [0.05, 0.1) is 5.92 Å². The Balaban J connectivity index is 2.04. The van der Waals surface area contributed by atoms with E-state index in [9.17, 15) is 4.79 Å². The number of hydrogen-bond donors (Lipinski definition) is 1. The van der Waals surface area contributed by atoms with E-state index in [1.54, 1.807) is 0 Å². The SMILES string of the molecule is CCC1CCCCCN1C(=O)C1CNCC1C. The number of carbonyl (C=O) groups excluding carboxylic acids is 1. The molecule has 2 saturated heterocycles. The summed E-state index contributed by atoms with van der Waals surface area (Å²) >= 11 is 0. The Labute approximate surface area is 105 Å². The maximum Gasteiger partial charge on any atom is 0.227 e. The minimum absolute atomic E-state index is 0.224. The molecule has 0 bridgehead atoms. The van der Waals surface area contributed by atoms with Gasteiger partial charge in [-0.3, -0.25) is 4.79 Å². The van der Waals surface area contributed by atoms with Crippen molar-refractivity contribution in [2.75, 3.05) is 19.6 Å². The molecule has 1 N–H and O–H groups in total. The lowest BCUT2D eigenvalue weighted by atomic mass is 9.95. The van der Waals surface area contributed by atoms with Crippen molar-refractivity contribution in [1.29, 1.82) is 0 Å². The summed E-state index contributed by atoms with van der Waals surface area (Å²) in [6, 6.07) is 0.498. The molecule has 0 aromatic heterocycles. The van der Waals surface area contributed by atoms with Crippen LogP contribution in [0.3, 0.4) is 0 Å². The van der Waals surface area contributed by atoms with Crippen molar-refractivity contribution in [2.24, 2.45) is 11.8 Å². The van der Waals surface area contributed by atoms with E-state index in [4.69, 9.17) is 0 Å². The van der Waals surface area contributed by atoms with Gasteiger partial charge in [-0.25, -0.2) is 0 Å². The van der Waals surface area contributed by atoms with E-state index >= 15 is 0 Å². The third-order valence-electron chi connectivity index (χ3n) is 4.47. The van der Waals surface area contributed by atoms with Crippen LogP contribution in [0, 0.1) is 11.8 Å². The van der Waals surface area contributed by atoms with Crippen molar-refractivity contribution < 1.29 is 4.79 Å². The molecule has 0 saturated carbocycles. The second-order valence-electron chi connectivity index (χ2n) is 5.69. The normalized spacial score (nSPS) is 34.7. The third kappa shape index (κ3) is 2.82. The first kappa shape index (κ1) is 12.9. The van der Waals surface area contributed by atoms with Crippen molar-refractivity contribution in [1.82, 2.24) is 10.2 Å². The van der Waals surface area contributed by atoms with Gasteiger partial charge >= 0.3 is 0 Å². The van der Waals surface area contributed by atoms with Crippen LogP contribution in [0.5, 0.6) is 0 Å². The Morgan fingerprint density at radius 2 is 2.12 bits per heavy atom. The second-order valence-corrected chi connectivity index (χ2v) is 5.69. The topological polar surface area (TPSA) is 32.3 Å². The fourth-order valence-electron chi connectivity index (χ4n) is 3.25. The van der Waals surface area contributed by atoms with Crippen molar-refractivity contribution in [3.63, 3.8) is 0 Å². The van der Waals surface area contributed by atoms with Crippen LogP contribution in [0.15, 0.2) is 0 Å². The summed E-state index contributed by atoms with van der Waals surface area (Å²) in [5.74, 6) is 1.14. The lowest BCUT2D eigenvalue weighted by Gasteiger charge is -2.32. The fourth-order valence-corrected chi connectivity index (χ4v) is 3.25. The molecular formula is C14H26N2O. The highest BCUT2D eigenvalue weighted by Gasteiger charge is 2.35. The first-order valence-electron chi connectivity index (χ1n) is 7.25. The highest BCUT2D eigenvalue weighted by molar-refractivity contribution is 5.80. The Morgan fingerprint density at radius 1 is 1.29 bits per heavy atom. The molecule has 0 spiro atoms. The van der Waals surface area contributed by atoms with E-state index in [1.807, 2.05) is 0 Å². The molecule has 0 aliphatic carbocycles. The first-order chi connectivity index (χ1) is 8.24. The molecule has 3 unspecified atom stereocenters. The van der Waals surface area contributed by atoms with Crippen LogP contribution in [-0.2, 0) is 4.79 Å². The maximum atomic E-state index is 12.6. The van der Waals surface area contributed by atoms with Crippen molar-refractivity contribution >= 4 is 5.91 Å². The molecular weight excluding hydrogens is 212 g/mol. The summed E-state index contributed by atoms with van der Waals surface area (Å²) in [6.45, 7) is 7.28. The van der Waals surface area contributed by atoms with Crippen LogP contribution < -0.4 is 5.32 Å². The van der Waals surface area contributed by atoms with Crippen LogP contribution in [0.25, 0.3) is 0 Å². The number of amides is 1. The zero-order valence-corrected chi connectivity index (χ0v) is 11.2. The minimum Gasteiger partial charge on any atom is -0.339 e. The average Bonchev–Trinajstić information content (AvgIpc) is 2.64. The standard InChI is InChI=1S/C14H26N2O/c1-3-12-7-5-4-6-8-16(12)14(17)13-10-15-9-11(13)2/h11-13,15H,3-10H2,1-2H3. The summed E-state index contributed by atoms with van der Waals surface area (Å²) in [7, 11) is 0. The molecule has 17 heavy (non-hydrogen) atoms. The number of nitrogens with one attached hydrogen (secondary N) is 1.